The minimum atomic E-state index is -0.225. The summed E-state index contributed by atoms with van der Waals surface area (Å²) in [6.07, 6.45) is 5.40. The maximum Gasteiger partial charge on any atom is 0.148 e. The van der Waals surface area contributed by atoms with Crippen molar-refractivity contribution in [1.29, 1.82) is 0 Å². The number of hydrogen-bond donors (Lipinski definition) is 0. The number of unbranched alkanes of at least 4 members (excludes halogenated alkanes) is 3. The predicted molar refractivity (Wildman–Crippen MR) is 45.6 cm³/mol. The Morgan fingerprint density at radius 2 is 2.09 bits per heavy atom. The van der Waals surface area contributed by atoms with E-state index in [4.69, 9.17) is 4.74 Å². The highest BCUT2D eigenvalue weighted by Gasteiger charge is 1.96. The molecule has 0 bridgehead atoms. The van der Waals surface area contributed by atoms with Gasteiger partial charge in [0.2, 0.25) is 0 Å². The Labute approximate surface area is 68.9 Å². The minimum Gasteiger partial charge on any atom is -0.371 e. The molecule has 0 aliphatic rings. The van der Waals surface area contributed by atoms with E-state index >= 15 is 0 Å². The van der Waals surface area contributed by atoms with Gasteiger partial charge in [-0.2, -0.15) is 0 Å². The lowest BCUT2D eigenvalue weighted by Gasteiger charge is -2.04. The van der Waals surface area contributed by atoms with Crippen molar-refractivity contribution < 1.29 is 9.53 Å². The van der Waals surface area contributed by atoms with Gasteiger partial charge < -0.3 is 9.53 Å². The van der Waals surface area contributed by atoms with Crippen LogP contribution in [0.3, 0.4) is 0 Å². The Morgan fingerprint density at radius 1 is 1.36 bits per heavy atom. The number of ether oxygens (including phenoxy) is 1. The number of carbonyl (C=O) groups excluding carboxylic acids is 1. The van der Waals surface area contributed by atoms with Crippen molar-refractivity contribution in [3.63, 3.8) is 0 Å². The van der Waals surface area contributed by atoms with E-state index in [9.17, 15) is 4.79 Å². The molecular formula is C9H18O2. The minimum absolute atomic E-state index is 0.225. The van der Waals surface area contributed by atoms with Crippen LogP contribution in [0.4, 0.5) is 0 Å². The summed E-state index contributed by atoms with van der Waals surface area (Å²) in [7, 11) is 0. The largest absolute Gasteiger partial charge is 0.371 e. The first-order valence-corrected chi connectivity index (χ1v) is 4.38. The number of aldehydes is 1. The van der Waals surface area contributed by atoms with Crippen LogP contribution in [0.2, 0.25) is 0 Å². The second kappa shape index (κ2) is 7.73. The fraction of sp³-hybridized carbons (Fsp3) is 0.889. The van der Waals surface area contributed by atoms with E-state index in [2.05, 4.69) is 6.92 Å². The van der Waals surface area contributed by atoms with Gasteiger partial charge in [-0.05, 0) is 13.3 Å². The van der Waals surface area contributed by atoms with Gasteiger partial charge in [0.1, 0.15) is 12.4 Å². The van der Waals surface area contributed by atoms with Gasteiger partial charge >= 0.3 is 0 Å². The summed E-state index contributed by atoms with van der Waals surface area (Å²) in [5.74, 6) is 0. The second-order valence-corrected chi connectivity index (χ2v) is 2.77. The summed E-state index contributed by atoms with van der Waals surface area (Å²) >= 11 is 0. The van der Waals surface area contributed by atoms with E-state index in [1.54, 1.807) is 6.92 Å². The molecule has 0 fully saturated rings. The lowest BCUT2D eigenvalue weighted by Crippen LogP contribution is -2.09. The van der Waals surface area contributed by atoms with Crippen LogP contribution in [0.25, 0.3) is 0 Å². The van der Waals surface area contributed by atoms with Crippen molar-refractivity contribution in [2.45, 2.75) is 45.6 Å². The van der Waals surface area contributed by atoms with Gasteiger partial charge in [0, 0.05) is 6.61 Å². The van der Waals surface area contributed by atoms with Crippen molar-refractivity contribution >= 4 is 6.29 Å². The normalized spacial score (nSPS) is 12.9. The fourth-order valence-electron chi connectivity index (χ4n) is 0.837. The Balaban J connectivity index is 2.95. The fourth-order valence-corrected chi connectivity index (χ4v) is 0.837. The van der Waals surface area contributed by atoms with Gasteiger partial charge in [-0.25, -0.2) is 0 Å². The molecule has 0 aliphatic heterocycles. The van der Waals surface area contributed by atoms with Crippen LogP contribution in [0.15, 0.2) is 0 Å². The lowest BCUT2D eigenvalue weighted by molar-refractivity contribution is -0.117. The second-order valence-electron chi connectivity index (χ2n) is 2.77. The Hall–Kier alpha value is -0.370. The van der Waals surface area contributed by atoms with Crippen molar-refractivity contribution in [1.82, 2.24) is 0 Å². The number of hydrogen-bond acceptors (Lipinski definition) is 2. The first-order valence-electron chi connectivity index (χ1n) is 4.38. The van der Waals surface area contributed by atoms with Gasteiger partial charge in [0.25, 0.3) is 0 Å². The van der Waals surface area contributed by atoms with Crippen molar-refractivity contribution in [3.8, 4) is 0 Å². The zero-order valence-corrected chi connectivity index (χ0v) is 7.51. The average Bonchev–Trinajstić information content (AvgIpc) is 2.04. The summed E-state index contributed by atoms with van der Waals surface area (Å²) in [6, 6.07) is 0. The molecule has 0 rings (SSSR count). The van der Waals surface area contributed by atoms with E-state index in [1.165, 1.54) is 19.3 Å². The van der Waals surface area contributed by atoms with Gasteiger partial charge in [0.15, 0.2) is 0 Å². The van der Waals surface area contributed by atoms with Crippen molar-refractivity contribution in [3.05, 3.63) is 0 Å². The summed E-state index contributed by atoms with van der Waals surface area (Å²) in [5.41, 5.74) is 0. The van der Waals surface area contributed by atoms with Gasteiger partial charge in [-0.1, -0.05) is 26.2 Å². The third-order valence-electron chi connectivity index (χ3n) is 1.57. The van der Waals surface area contributed by atoms with Crippen LogP contribution in [0.5, 0.6) is 0 Å². The first-order chi connectivity index (χ1) is 5.31. The van der Waals surface area contributed by atoms with Gasteiger partial charge in [0.05, 0.1) is 0 Å². The molecule has 0 aromatic rings. The topological polar surface area (TPSA) is 26.3 Å². The Morgan fingerprint density at radius 3 is 2.64 bits per heavy atom. The summed E-state index contributed by atoms with van der Waals surface area (Å²) < 4.78 is 5.17. The SMILES string of the molecule is CCCCCCOC(C)C=O. The average molecular weight is 158 g/mol. The third kappa shape index (κ3) is 7.53. The van der Waals surface area contributed by atoms with E-state index in [1.807, 2.05) is 0 Å². The molecule has 66 valence electrons. The number of carbonyl (C=O) groups is 1. The van der Waals surface area contributed by atoms with Crippen LogP contribution in [-0.2, 0) is 9.53 Å². The maximum atomic E-state index is 10.1. The van der Waals surface area contributed by atoms with E-state index < -0.39 is 0 Å². The summed E-state index contributed by atoms with van der Waals surface area (Å²) in [4.78, 5) is 10.1. The number of rotatable bonds is 7. The van der Waals surface area contributed by atoms with Crippen LogP contribution < -0.4 is 0 Å². The molecule has 0 aromatic heterocycles. The van der Waals surface area contributed by atoms with E-state index in [0.29, 0.717) is 0 Å². The van der Waals surface area contributed by atoms with Gasteiger partial charge in [-0.3, -0.25) is 0 Å². The van der Waals surface area contributed by atoms with Crippen LogP contribution >= 0.6 is 0 Å². The molecule has 0 aliphatic carbocycles. The van der Waals surface area contributed by atoms with Crippen LogP contribution in [-0.4, -0.2) is 19.0 Å². The van der Waals surface area contributed by atoms with E-state index in [-0.39, 0.29) is 6.10 Å². The molecule has 2 heteroatoms. The maximum absolute atomic E-state index is 10.1. The Kier molecular flexibility index (Phi) is 7.47. The standard InChI is InChI=1S/C9H18O2/c1-3-4-5-6-7-11-9(2)8-10/h8-9H,3-7H2,1-2H3. The molecule has 0 radical (unpaired) electrons. The van der Waals surface area contributed by atoms with Gasteiger partial charge in [-0.15, -0.1) is 0 Å². The molecule has 0 amide bonds. The zero-order valence-electron chi connectivity index (χ0n) is 7.51. The smallest absolute Gasteiger partial charge is 0.148 e. The van der Waals surface area contributed by atoms with Crippen LogP contribution in [0.1, 0.15) is 39.5 Å². The summed E-state index contributed by atoms with van der Waals surface area (Å²) in [6.45, 7) is 4.67. The molecule has 0 saturated carbocycles. The highest BCUT2D eigenvalue weighted by Crippen LogP contribution is 1.99. The summed E-state index contributed by atoms with van der Waals surface area (Å²) in [5, 5.41) is 0. The highest BCUT2D eigenvalue weighted by atomic mass is 16.5. The molecule has 11 heavy (non-hydrogen) atoms. The molecule has 0 N–H and O–H groups in total. The molecule has 2 nitrogen and oxygen atoms in total. The highest BCUT2D eigenvalue weighted by molar-refractivity contribution is 5.54. The molecule has 0 saturated heterocycles. The van der Waals surface area contributed by atoms with Crippen LogP contribution in [0, 0.1) is 0 Å². The quantitative estimate of drug-likeness (QED) is 0.419. The lowest BCUT2D eigenvalue weighted by atomic mass is 10.2. The third-order valence-corrected chi connectivity index (χ3v) is 1.57. The predicted octanol–water partition coefficient (Wildman–Crippen LogP) is 2.17. The van der Waals surface area contributed by atoms with Crippen molar-refractivity contribution in [2.24, 2.45) is 0 Å². The molecule has 0 aromatic carbocycles. The first kappa shape index (κ1) is 10.6. The molecular weight excluding hydrogens is 140 g/mol. The van der Waals surface area contributed by atoms with E-state index in [0.717, 1.165) is 19.3 Å². The monoisotopic (exact) mass is 158 g/mol. The molecule has 1 unspecified atom stereocenters. The molecule has 0 heterocycles. The molecule has 0 spiro atoms. The van der Waals surface area contributed by atoms with Crippen molar-refractivity contribution in [2.75, 3.05) is 6.61 Å². The Bertz CT molecular complexity index is 91.6. The zero-order chi connectivity index (χ0) is 8.53. The molecule has 1 atom stereocenters.